The number of aromatic nitrogens is 4. The fraction of sp³-hybridized carbons (Fsp3) is 0.125. The summed E-state index contributed by atoms with van der Waals surface area (Å²) in [5, 5.41) is 12.4. The summed E-state index contributed by atoms with van der Waals surface area (Å²) >= 11 is 5.97. The third kappa shape index (κ3) is 5.88. The number of aromatic hydroxyl groups is 1. The SMILES string of the molecule is CNC(=O)Cn1c(=O)[nH]/c(=N\c2ccc(Oc3ccnc(O)c3)cc2)n(Cc2ccc(Cl)cc2)c1=O. The molecule has 2 heterocycles. The monoisotopic (exact) mass is 508 g/mol. The van der Waals surface area contributed by atoms with Gasteiger partial charge < -0.3 is 15.2 Å². The molecule has 0 atom stereocenters. The Kier molecular flexibility index (Phi) is 7.31. The summed E-state index contributed by atoms with van der Waals surface area (Å²) < 4.78 is 7.73. The number of H-pyrrole nitrogens is 1. The number of halogens is 1. The first-order valence-electron chi connectivity index (χ1n) is 10.7. The van der Waals surface area contributed by atoms with Crippen LogP contribution in [0.25, 0.3) is 0 Å². The number of likely N-dealkylation sites (N-methyl/N-ethyl adjacent to an activating group) is 1. The topological polar surface area (TPSA) is 144 Å². The van der Waals surface area contributed by atoms with Gasteiger partial charge in [0.15, 0.2) is 0 Å². The molecular weight excluding hydrogens is 488 g/mol. The Hall–Kier alpha value is -4.64. The maximum Gasteiger partial charge on any atom is 0.335 e. The smallest absolute Gasteiger partial charge is 0.335 e. The summed E-state index contributed by atoms with van der Waals surface area (Å²) in [6, 6.07) is 16.4. The van der Waals surface area contributed by atoms with Crippen molar-refractivity contribution < 1.29 is 14.6 Å². The van der Waals surface area contributed by atoms with Crippen LogP contribution in [0.1, 0.15) is 5.56 Å². The molecule has 0 unspecified atom stereocenters. The summed E-state index contributed by atoms with van der Waals surface area (Å²) in [7, 11) is 1.41. The van der Waals surface area contributed by atoms with Crippen molar-refractivity contribution in [3.63, 3.8) is 0 Å². The summed E-state index contributed by atoms with van der Waals surface area (Å²) in [6.07, 6.45) is 1.41. The number of carbonyl (C=O) groups is 1. The summed E-state index contributed by atoms with van der Waals surface area (Å²) in [5.41, 5.74) is -0.300. The van der Waals surface area contributed by atoms with E-state index in [-0.39, 0.29) is 18.0 Å². The summed E-state index contributed by atoms with van der Waals surface area (Å²) in [5.74, 6) is 0.211. The molecule has 4 rings (SSSR count). The van der Waals surface area contributed by atoms with Crippen LogP contribution in [0.15, 0.2) is 81.4 Å². The van der Waals surface area contributed by atoms with Gasteiger partial charge in [-0.1, -0.05) is 23.7 Å². The molecule has 0 saturated carbocycles. The van der Waals surface area contributed by atoms with Crippen molar-refractivity contribution in [3.8, 4) is 17.4 Å². The highest BCUT2D eigenvalue weighted by atomic mass is 35.5. The van der Waals surface area contributed by atoms with Gasteiger partial charge >= 0.3 is 11.4 Å². The Labute approximate surface area is 209 Å². The van der Waals surface area contributed by atoms with Crippen molar-refractivity contribution in [2.75, 3.05) is 7.05 Å². The van der Waals surface area contributed by atoms with E-state index in [0.29, 0.717) is 22.2 Å². The van der Waals surface area contributed by atoms with E-state index in [1.165, 1.54) is 23.9 Å². The molecule has 36 heavy (non-hydrogen) atoms. The van der Waals surface area contributed by atoms with Gasteiger partial charge in [-0.3, -0.25) is 14.3 Å². The van der Waals surface area contributed by atoms with E-state index in [9.17, 15) is 19.5 Å². The van der Waals surface area contributed by atoms with E-state index in [4.69, 9.17) is 16.3 Å². The Balaban J connectivity index is 1.73. The Morgan fingerprint density at radius 1 is 1.08 bits per heavy atom. The second-order valence-corrected chi connectivity index (χ2v) is 8.00. The van der Waals surface area contributed by atoms with Crippen molar-refractivity contribution in [1.82, 2.24) is 24.4 Å². The fourth-order valence-corrected chi connectivity index (χ4v) is 3.36. The number of rotatable bonds is 7. The molecular formula is C24H21ClN6O5. The largest absolute Gasteiger partial charge is 0.493 e. The molecule has 1 amide bonds. The predicted molar refractivity (Wildman–Crippen MR) is 132 cm³/mol. The molecule has 3 N–H and O–H groups in total. The molecule has 2 aromatic heterocycles. The zero-order chi connectivity index (χ0) is 25.7. The third-order valence-electron chi connectivity index (χ3n) is 5.04. The van der Waals surface area contributed by atoms with Gasteiger partial charge in [0, 0.05) is 24.3 Å². The summed E-state index contributed by atoms with van der Waals surface area (Å²) in [6.45, 7) is -0.367. The number of amides is 1. The van der Waals surface area contributed by atoms with Crippen molar-refractivity contribution in [1.29, 1.82) is 0 Å². The van der Waals surface area contributed by atoms with Crippen molar-refractivity contribution in [2.24, 2.45) is 4.99 Å². The molecule has 12 heteroatoms. The van der Waals surface area contributed by atoms with Crippen LogP contribution in [-0.4, -0.2) is 37.2 Å². The predicted octanol–water partition coefficient (Wildman–Crippen LogP) is 1.91. The number of benzene rings is 2. The number of carbonyl (C=O) groups excluding carboxylic acids is 1. The molecule has 0 saturated heterocycles. The standard InChI is InChI=1S/C24H21ClN6O5/c1-26-21(33)14-31-23(34)29-22(30(24(31)35)13-15-2-4-16(25)5-3-15)28-17-6-8-18(9-7-17)36-19-10-11-27-20(32)12-19/h2-12H,13-14H2,1H3,(H,26,33)(H,27,32)(H,28,29,34). The van der Waals surface area contributed by atoms with E-state index in [1.54, 1.807) is 54.6 Å². The van der Waals surface area contributed by atoms with Gasteiger partial charge in [-0.25, -0.2) is 24.1 Å². The maximum atomic E-state index is 13.2. The number of hydrogen-bond acceptors (Lipinski definition) is 7. The van der Waals surface area contributed by atoms with Crippen LogP contribution in [0.3, 0.4) is 0 Å². The highest BCUT2D eigenvalue weighted by Crippen LogP contribution is 2.25. The fourth-order valence-electron chi connectivity index (χ4n) is 3.23. The highest BCUT2D eigenvalue weighted by Gasteiger charge is 2.12. The molecule has 0 aliphatic rings. The number of pyridine rings is 1. The average molecular weight is 509 g/mol. The van der Waals surface area contributed by atoms with Crippen LogP contribution in [0.5, 0.6) is 17.4 Å². The second kappa shape index (κ2) is 10.7. The van der Waals surface area contributed by atoms with E-state index in [1.807, 2.05) is 0 Å². The van der Waals surface area contributed by atoms with Gasteiger partial charge in [-0.2, -0.15) is 0 Å². The van der Waals surface area contributed by atoms with Crippen LogP contribution in [-0.2, 0) is 17.9 Å². The normalized spacial score (nSPS) is 11.3. The Morgan fingerprint density at radius 2 is 1.81 bits per heavy atom. The molecule has 4 aromatic rings. The zero-order valence-corrected chi connectivity index (χ0v) is 19.8. The first-order chi connectivity index (χ1) is 17.3. The van der Waals surface area contributed by atoms with Crippen molar-refractivity contribution in [3.05, 3.63) is 104 Å². The third-order valence-corrected chi connectivity index (χ3v) is 5.29. The molecule has 184 valence electrons. The number of hydrogen-bond donors (Lipinski definition) is 3. The van der Waals surface area contributed by atoms with E-state index in [0.717, 1.165) is 10.1 Å². The molecule has 0 fully saturated rings. The molecule has 0 aliphatic heterocycles. The minimum absolute atomic E-state index is 0.000770. The lowest BCUT2D eigenvalue weighted by molar-refractivity contribution is -0.121. The number of nitrogens with zero attached hydrogens (tertiary/aromatic N) is 4. The first kappa shape index (κ1) is 24.5. The molecule has 0 aliphatic carbocycles. The van der Waals surface area contributed by atoms with E-state index < -0.39 is 23.8 Å². The zero-order valence-electron chi connectivity index (χ0n) is 19.0. The lowest BCUT2D eigenvalue weighted by atomic mass is 10.2. The lowest BCUT2D eigenvalue weighted by Crippen LogP contribution is -2.51. The molecule has 0 bridgehead atoms. The molecule has 0 spiro atoms. The van der Waals surface area contributed by atoms with Crippen LogP contribution in [0.4, 0.5) is 5.69 Å². The first-order valence-corrected chi connectivity index (χ1v) is 11.1. The quantitative estimate of drug-likeness (QED) is 0.348. The number of aromatic amines is 1. The lowest BCUT2D eigenvalue weighted by Gasteiger charge is -2.11. The Bertz CT molecular complexity index is 1570. The minimum Gasteiger partial charge on any atom is -0.493 e. The van der Waals surface area contributed by atoms with Gasteiger partial charge in [0.1, 0.15) is 18.0 Å². The summed E-state index contributed by atoms with van der Waals surface area (Å²) in [4.78, 5) is 48.4. The maximum absolute atomic E-state index is 13.2. The number of ether oxygens (including phenoxy) is 1. The van der Waals surface area contributed by atoms with Gasteiger partial charge in [0.2, 0.25) is 17.4 Å². The van der Waals surface area contributed by atoms with Gasteiger partial charge in [0.25, 0.3) is 0 Å². The molecule has 11 nitrogen and oxygen atoms in total. The van der Waals surface area contributed by atoms with E-state index >= 15 is 0 Å². The molecule has 0 radical (unpaired) electrons. The number of nitrogens with one attached hydrogen (secondary N) is 2. The van der Waals surface area contributed by atoms with Gasteiger partial charge in [-0.15, -0.1) is 0 Å². The van der Waals surface area contributed by atoms with Crippen LogP contribution in [0.2, 0.25) is 5.02 Å². The van der Waals surface area contributed by atoms with Crippen molar-refractivity contribution >= 4 is 23.2 Å². The van der Waals surface area contributed by atoms with Crippen LogP contribution < -0.4 is 27.1 Å². The van der Waals surface area contributed by atoms with Gasteiger partial charge in [0.05, 0.1) is 12.2 Å². The molecule has 2 aromatic carbocycles. The minimum atomic E-state index is -0.771. The van der Waals surface area contributed by atoms with Gasteiger partial charge in [-0.05, 0) is 48.0 Å². The van der Waals surface area contributed by atoms with Crippen LogP contribution >= 0.6 is 11.6 Å². The van der Waals surface area contributed by atoms with Crippen molar-refractivity contribution in [2.45, 2.75) is 13.1 Å². The van der Waals surface area contributed by atoms with E-state index in [2.05, 4.69) is 20.3 Å². The average Bonchev–Trinajstić information content (AvgIpc) is 2.86. The van der Waals surface area contributed by atoms with Crippen LogP contribution in [0, 0.1) is 0 Å². The highest BCUT2D eigenvalue weighted by molar-refractivity contribution is 6.30. The second-order valence-electron chi connectivity index (χ2n) is 7.57. The Morgan fingerprint density at radius 3 is 2.47 bits per heavy atom.